The Bertz CT molecular complexity index is 1430. The molecule has 0 aliphatic heterocycles. The summed E-state index contributed by atoms with van der Waals surface area (Å²) in [5.74, 6) is 0. The third kappa shape index (κ3) is 4.47. The van der Waals surface area contributed by atoms with Gasteiger partial charge in [0.05, 0.1) is 0 Å². The van der Waals surface area contributed by atoms with E-state index < -0.39 is 13.4 Å². The first-order chi connectivity index (χ1) is 20.8. The fraction of sp³-hybridized carbons (Fsp3) is 0. The van der Waals surface area contributed by atoms with E-state index in [2.05, 4.69) is 40.8 Å². The SMILES string of the molecule is [Ir].c1cnn([B-](n2cccn2)(n2cccn2)n2cccn2)c1.c1cnn([B-](n2cccn2)(n2cccn2)n2cccn2)c1. The summed E-state index contributed by atoms with van der Waals surface area (Å²) in [6, 6.07) is 14.9. The van der Waals surface area contributed by atoms with Crippen LogP contribution in [-0.4, -0.2) is 90.9 Å². The molecule has 8 rings (SSSR count). The zero-order chi connectivity index (χ0) is 28.2. The second kappa shape index (κ2) is 11.8. The Morgan fingerprint density at radius 1 is 0.256 bits per heavy atom. The van der Waals surface area contributed by atoms with Gasteiger partial charge in [-0.3, -0.25) is 0 Å². The van der Waals surface area contributed by atoms with Crippen molar-refractivity contribution in [2.24, 2.45) is 0 Å². The Morgan fingerprint density at radius 3 is 0.488 bits per heavy atom. The normalized spacial score (nSPS) is 11.5. The van der Waals surface area contributed by atoms with Crippen LogP contribution in [0.15, 0.2) is 148 Å². The number of hydrogen-bond acceptors (Lipinski definition) is 8. The molecule has 0 fully saturated rings. The number of rotatable bonds is 8. The molecule has 16 nitrogen and oxygen atoms in total. The van der Waals surface area contributed by atoms with Gasteiger partial charge in [0.2, 0.25) is 0 Å². The Balaban J connectivity index is 0.000000150. The topological polar surface area (TPSA) is 143 Å². The van der Waals surface area contributed by atoms with Crippen molar-refractivity contribution >= 4 is 13.4 Å². The summed E-state index contributed by atoms with van der Waals surface area (Å²) in [6.45, 7) is -3.67. The minimum absolute atomic E-state index is 0. The van der Waals surface area contributed by atoms with Crippen molar-refractivity contribution in [3.05, 3.63) is 148 Å². The summed E-state index contributed by atoms with van der Waals surface area (Å²) >= 11 is 0. The van der Waals surface area contributed by atoms with E-state index in [9.17, 15) is 0 Å². The maximum atomic E-state index is 4.42. The Morgan fingerprint density at radius 2 is 0.395 bits per heavy atom. The molecule has 0 aliphatic rings. The second-order valence-corrected chi connectivity index (χ2v) is 9.27. The maximum Gasteiger partial charge on any atom is 0.466 e. The molecule has 0 saturated carbocycles. The zero-order valence-electron chi connectivity index (χ0n) is 22.5. The summed E-state index contributed by atoms with van der Waals surface area (Å²) in [4.78, 5) is 0. The van der Waals surface area contributed by atoms with Crippen LogP contribution in [0.5, 0.6) is 0 Å². The van der Waals surface area contributed by atoms with E-state index in [-0.39, 0.29) is 20.1 Å². The third-order valence-electron chi connectivity index (χ3n) is 7.04. The maximum absolute atomic E-state index is 4.42. The van der Waals surface area contributed by atoms with E-state index >= 15 is 0 Å². The minimum Gasteiger partial charge on any atom is -0.379 e. The molecule has 0 bridgehead atoms. The zero-order valence-corrected chi connectivity index (χ0v) is 24.9. The summed E-state index contributed by atoms with van der Waals surface area (Å²) in [5, 5.41) is 35.3. The Labute approximate surface area is 258 Å². The van der Waals surface area contributed by atoms with Crippen LogP contribution in [0, 0.1) is 0 Å². The van der Waals surface area contributed by atoms with Gasteiger partial charge < -0.3 is 36.7 Å². The van der Waals surface area contributed by atoms with Gasteiger partial charge in [-0.05, 0) is 98.1 Å². The molecule has 8 heterocycles. The van der Waals surface area contributed by atoms with Crippen LogP contribution in [0.3, 0.4) is 0 Å². The van der Waals surface area contributed by atoms with Crippen molar-refractivity contribution in [1.29, 1.82) is 0 Å². The largest absolute Gasteiger partial charge is 0.466 e. The molecule has 1 radical (unpaired) electrons. The van der Waals surface area contributed by atoms with Gasteiger partial charge >= 0.3 is 13.4 Å². The van der Waals surface area contributed by atoms with Gasteiger partial charge in [0.25, 0.3) is 0 Å². The molecule has 0 saturated heterocycles. The van der Waals surface area contributed by atoms with Gasteiger partial charge in [0, 0.05) is 69.7 Å². The molecule has 0 N–H and O–H groups in total. The molecule has 0 spiro atoms. The molecule has 19 heteroatoms. The standard InChI is InChI=1S/2C12H12BN8.Ir/c2*1-5-14-18(9-1)13(19-10-2-6-15-19,20-11-3-7-16-20)21-12-4-8-17-21;/h2*1-12H;/q2*-1;. The molecule has 8 aromatic rings. The van der Waals surface area contributed by atoms with E-state index in [1.807, 2.05) is 135 Å². The van der Waals surface area contributed by atoms with Gasteiger partial charge in [0.15, 0.2) is 0 Å². The Kier molecular flexibility index (Phi) is 7.55. The quantitative estimate of drug-likeness (QED) is 0.208. The number of hydrogen-bond donors (Lipinski definition) is 0. The van der Waals surface area contributed by atoms with Crippen molar-refractivity contribution in [3.63, 3.8) is 0 Å². The summed E-state index contributed by atoms with van der Waals surface area (Å²) < 4.78 is 14.5. The summed E-state index contributed by atoms with van der Waals surface area (Å²) in [7, 11) is 0. The molecule has 0 aliphatic carbocycles. The number of aromatic nitrogens is 16. The van der Waals surface area contributed by atoms with E-state index in [0.29, 0.717) is 0 Å². The average molecular weight is 750 g/mol. The molecule has 217 valence electrons. The van der Waals surface area contributed by atoms with Gasteiger partial charge in [-0.15, -0.1) is 0 Å². The van der Waals surface area contributed by atoms with Crippen molar-refractivity contribution in [3.8, 4) is 0 Å². The molecule has 0 unspecified atom stereocenters. The molecule has 0 aromatic carbocycles. The number of nitrogens with zero attached hydrogens (tertiary/aromatic N) is 16. The van der Waals surface area contributed by atoms with Crippen LogP contribution >= 0.6 is 0 Å². The first-order valence-corrected chi connectivity index (χ1v) is 13.1. The van der Waals surface area contributed by atoms with Gasteiger partial charge in [-0.1, -0.05) is 0 Å². The summed E-state index contributed by atoms with van der Waals surface area (Å²) in [6.07, 6.45) is 28.9. The van der Waals surface area contributed by atoms with Crippen LogP contribution in [0.1, 0.15) is 0 Å². The van der Waals surface area contributed by atoms with Gasteiger partial charge in [-0.25, -0.2) is 40.8 Å². The van der Waals surface area contributed by atoms with E-state index in [1.54, 1.807) is 49.6 Å². The second-order valence-electron chi connectivity index (χ2n) is 9.27. The van der Waals surface area contributed by atoms with E-state index in [1.165, 1.54) is 0 Å². The molecular weight excluding hydrogens is 726 g/mol. The predicted octanol–water partition coefficient (Wildman–Crippen LogP) is 0.800. The van der Waals surface area contributed by atoms with Gasteiger partial charge in [-0.2, -0.15) is 0 Å². The Hall–Kier alpha value is -5.54. The van der Waals surface area contributed by atoms with Crippen molar-refractivity contribution in [2.45, 2.75) is 0 Å². The first-order valence-electron chi connectivity index (χ1n) is 13.1. The fourth-order valence-electron chi connectivity index (χ4n) is 5.34. The smallest absolute Gasteiger partial charge is 0.379 e. The van der Waals surface area contributed by atoms with E-state index in [4.69, 9.17) is 0 Å². The van der Waals surface area contributed by atoms with E-state index in [0.717, 1.165) is 0 Å². The fourth-order valence-corrected chi connectivity index (χ4v) is 5.34. The molecule has 43 heavy (non-hydrogen) atoms. The third-order valence-corrected chi connectivity index (χ3v) is 7.04. The molecular formula is C24H24B2IrN16-2. The monoisotopic (exact) mass is 751 g/mol. The summed E-state index contributed by atoms with van der Waals surface area (Å²) in [5.41, 5.74) is 0. The van der Waals surface area contributed by atoms with Gasteiger partial charge in [0.1, 0.15) is 0 Å². The predicted molar refractivity (Wildman–Crippen MR) is 153 cm³/mol. The van der Waals surface area contributed by atoms with Crippen LogP contribution in [0.2, 0.25) is 0 Å². The minimum atomic E-state index is -1.83. The van der Waals surface area contributed by atoms with Crippen LogP contribution < -0.4 is 0 Å². The van der Waals surface area contributed by atoms with Crippen LogP contribution in [-0.2, 0) is 20.1 Å². The molecule has 0 amide bonds. The van der Waals surface area contributed by atoms with Crippen LogP contribution in [0.4, 0.5) is 0 Å². The van der Waals surface area contributed by atoms with Crippen molar-refractivity contribution < 1.29 is 20.1 Å². The van der Waals surface area contributed by atoms with Crippen molar-refractivity contribution in [1.82, 2.24) is 77.5 Å². The van der Waals surface area contributed by atoms with Crippen LogP contribution in [0.25, 0.3) is 0 Å². The van der Waals surface area contributed by atoms with Crippen molar-refractivity contribution in [2.75, 3.05) is 0 Å². The average Bonchev–Trinajstić information content (AvgIpc) is 3.91. The molecule has 8 aromatic heterocycles. The molecule has 0 atom stereocenters. The first kappa shape index (κ1) is 27.6.